The van der Waals surface area contributed by atoms with Crippen LogP contribution >= 0.6 is 34.7 Å². The van der Waals surface area contributed by atoms with Crippen LogP contribution in [0.4, 0.5) is 4.39 Å². The van der Waals surface area contributed by atoms with Gasteiger partial charge >= 0.3 is 0 Å². The predicted molar refractivity (Wildman–Crippen MR) is 123 cm³/mol. The van der Waals surface area contributed by atoms with Crippen molar-refractivity contribution in [1.29, 1.82) is 0 Å². The van der Waals surface area contributed by atoms with Crippen molar-refractivity contribution in [1.82, 2.24) is 19.7 Å². The molecular formula is C22H18ClFN4OS2. The summed E-state index contributed by atoms with van der Waals surface area (Å²) in [4.78, 5) is 14.3. The summed E-state index contributed by atoms with van der Waals surface area (Å²) < 4.78 is 16.3. The van der Waals surface area contributed by atoms with E-state index in [1.807, 2.05) is 29.0 Å². The number of hydrogen-bond acceptors (Lipinski definition) is 5. The standard InChI is InChI=1S/C22H18ClFN4OS2/c1-27(12-15-10-11-30-13-15)20(29)14-31-22-26-25-21(16-6-2-3-7-17(16)23)28(22)19-9-5-4-8-18(19)24/h2-11,13H,12,14H2,1H3. The average Bonchev–Trinajstić information content (AvgIpc) is 3.42. The molecule has 31 heavy (non-hydrogen) atoms. The van der Waals surface area contributed by atoms with Gasteiger partial charge in [0, 0.05) is 19.2 Å². The molecule has 0 aliphatic heterocycles. The first-order chi connectivity index (χ1) is 15.0. The Morgan fingerprint density at radius 1 is 1.16 bits per heavy atom. The number of amides is 1. The van der Waals surface area contributed by atoms with E-state index in [4.69, 9.17) is 11.6 Å². The van der Waals surface area contributed by atoms with Crippen LogP contribution in [0, 0.1) is 5.82 Å². The minimum Gasteiger partial charge on any atom is -0.341 e. The topological polar surface area (TPSA) is 51.0 Å². The molecule has 2 heterocycles. The third kappa shape index (κ3) is 4.81. The number of carbonyl (C=O) groups excluding carboxylic acids is 1. The first kappa shape index (κ1) is 21.5. The van der Waals surface area contributed by atoms with Crippen LogP contribution in [0.3, 0.4) is 0 Å². The van der Waals surface area contributed by atoms with E-state index in [9.17, 15) is 9.18 Å². The molecule has 0 unspecified atom stereocenters. The van der Waals surface area contributed by atoms with E-state index < -0.39 is 5.82 Å². The number of thioether (sulfide) groups is 1. The van der Waals surface area contributed by atoms with E-state index in [2.05, 4.69) is 10.2 Å². The van der Waals surface area contributed by atoms with Crippen molar-refractivity contribution in [3.63, 3.8) is 0 Å². The number of hydrogen-bond donors (Lipinski definition) is 0. The lowest BCUT2D eigenvalue weighted by Crippen LogP contribution is -2.27. The molecule has 0 bridgehead atoms. The summed E-state index contributed by atoms with van der Waals surface area (Å²) in [6.45, 7) is 0.535. The van der Waals surface area contributed by atoms with Crippen LogP contribution in [0.25, 0.3) is 17.1 Å². The minimum atomic E-state index is -0.418. The zero-order valence-corrected chi connectivity index (χ0v) is 18.9. The molecule has 1 amide bonds. The molecule has 0 radical (unpaired) electrons. The molecular weight excluding hydrogens is 455 g/mol. The first-order valence-corrected chi connectivity index (χ1v) is 11.7. The molecule has 0 fully saturated rings. The lowest BCUT2D eigenvalue weighted by atomic mass is 10.2. The largest absolute Gasteiger partial charge is 0.341 e. The molecule has 0 aliphatic rings. The Kier molecular flexibility index (Phi) is 6.70. The molecule has 0 aliphatic carbocycles. The third-order valence-electron chi connectivity index (χ3n) is 4.59. The zero-order chi connectivity index (χ0) is 21.8. The number of thiophene rings is 1. The fraction of sp³-hybridized carbons (Fsp3) is 0.136. The maximum absolute atomic E-state index is 14.7. The molecule has 0 atom stereocenters. The van der Waals surface area contributed by atoms with Crippen molar-refractivity contribution in [2.45, 2.75) is 11.7 Å². The van der Waals surface area contributed by atoms with Crippen LogP contribution in [-0.4, -0.2) is 38.4 Å². The van der Waals surface area contributed by atoms with Crippen molar-refractivity contribution in [3.05, 3.63) is 81.8 Å². The van der Waals surface area contributed by atoms with E-state index in [0.29, 0.717) is 33.8 Å². The fourth-order valence-electron chi connectivity index (χ4n) is 3.01. The highest BCUT2D eigenvalue weighted by atomic mass is 35.5. The lowest BCUT2D eigenvalue weighted by molar-refractivity contribution is -0.127. The first-order valence-electron chi connectivity index (χ1n) is 9.37. The highest BCUT2D eigenvalue weighted by molar-refractivity contribution is 7.99. The van der Waals surface area contributed by atoms with Crippen molar-refractivity contribution in [2.75, 3.05) is 12.8 Å². The Bertz CT molecular complexity index is 1200. The fourth-order valence-corrected chi connectivity index (χ4v) is 4.78. The van der Waals surface area contributed by atoms with Crippen molar-refractivity contribution in [3.8, 4) is 17.1 Å². The Morgan fingerprint density at radius 2 is 1.94 bits per heavy atom. The maximum atomic E-state index is 14.7. The zero-order valence-electron chi connectivity index (χ0n) is 16.5. The average molecular weight is 473 g/mol. The normalized spacial score (nSPS) is 10.9. The Balaban J connectivity index is 1.63. The van der Waals surface area contributed by atoms with Crippen LogP contribution in [0.15, 0.2) is 70.5 Å². The Hall–Kier alpha value is -2.68. The number of nitrogens with zero attached hydrogens (tertiary/aromatic N) is 4. The van der Waals surface area contributed by atoms with Gasteiger partial charge in [0.25, 0.3) is 0 Å². The molecule has 0 saturated heterocycles. The van der Waals surface area contributed by atoms with E-state index in [1.54, 1.807) is 58.2 Å². The maximum Gasteiger partial charge on any atom is 0.233 e. The quantitative estimate of drug-likeness (QED) is 0.331. The minimum absolute atomic E-state index is 0.0569. The van der Waals surface area contributed by atoms with Gasteiger partial charge in [0.15, 0.2) is 11.0 Å². The van der Waals surface area contributed by atoms with Crippen molar-refractivity contribution >= 4 is 40.6 Å². The van der Waals surface area contributed by atoms with E-state index in [1.165, 1.54) is 17.8 Å². The summed E-state index contributed by atoms with van der Waals surface area (Å²) in [5.41, 5.74) is 2.01. The van der Waals surface area contributed by atoms with Crippen LogP contribution in [0.2, 0.25) is 5.02 Å². The van der Waals surface area contributed by atoms with Gasteiger partial charge in [0.05, 0.1) is 16.5 Å². The molecule has 158 valence electrons. The molecule has 9 heteroatoms. The molecule has 4 rings (SSSR count). The van der Waals surface area contributed by atoms with Gasteiger partial charge in [-0.05, 0) is 46.7 Å². The van der Waals surface area contributed by atoms with Gasteiger partial charge in [-0.25, -0.2) is 4.39 Å². The molecule has 4 aromatic rings. The van der Waals surface area contributed by atoms with Gasteiger partial charge in [0.1, 0.15) is 5.82 Å². The monoisotopic (exact) mass is 472 g/mol. The van der Waals surface area contributed by atoms with Gasteiger partial charge in [0.2, 0.25) is 5.91 Å². The van der Waals surface area contributed by atoms with Crippen LogP contribution in [0.1, 0.15) is 5.56 Å². The van der Waals surface area contributed by atoms with Gasteiger partial charge in [-0.2, -0.15) is 11.3 Å². The number of para-hydroxylation sites is 1. The molecule has 0 saturated carbocycles. The van der Waals surface area contributed by atoms with Gasteiger partial charge in [-0.1, -0.05) is 47.6 Å². The summed E-state index contributed by atoms with van der Waals surface area (Å²) in [6, 6.07) is 15.6. The highest BCUT2D eigenvalue weighted by Crippen LogP contribution is 2.32. The number of benzene rings is 2. The Labute approximate surface area is 192 Å². The number of halogens is 2. The second-order valence-corrected chi connectivity index (χ2v) is 8.87. The van der Waals surface area contributed by atoms with Gasteiger partial charge < -0.3 is 4.90 Å². The molecule has 2 aromatic heterocycles. The van der Waals surface area contributed by atoms with E-state index >= 15 is 0 Å². The van der Waals surface area contributed by atoms with Gasteiger partial charge in [-0.15, -0.1) is 10.2 Å². The van der Waals surface area contributed by atoms with E-state index in [0.717, 1.165) is 5.56 Å². The summed E-state index contributed by atoms with van der Waals surface area (Å²) in [5.74, 6) is 0.0876. The second-order valence-electron chi connectivity index (χ2n) is 6.74. The van der Waals surface area contributed by atoms with Crippen LogP contribution in [-0.2, 0) is 11.3 Å². The van der Waals surface area contributed by atoms with Gasteiger partial charge in [-0.3, -0.25) is 9.36 Å². The molecule has 5 nitrogen and oxygen atoms in total. The van der Waals surface area contributed by atoms with Crippen LogP contribution in [0.5, 0.6) is 0 Å². The smallest absolute Gasteiger partial charge is 0.233 e. The number of carbonyl (C=O) groups is 1. The molecule has 0 N–H and O–H groups in total. The van der Waals surface area contributed by atoms with Crippen molar-refractivity contribution in [2.24, 2.45) is 0 Å². The molecule has 2 aromatic carbocycles. The third-order valence-corrected chi connectivity index (χ3v) is 6.57. The van der Waals surface area contributed by atoms with Crippen molar-refractivity contribution < 1.29 is 9.18 Å². The summed E-state index contributed by atoms with van der Waals surface area (Å²) in [6.07, 6.45) is 0. The second kappa shape index (κ2) is 9.64. The SMILES string of the molecule is CN(Cc1ccsc1)C(=O)CSc1nnc(-c2ccccc2Cl)n1-c1ccccc1F. The predicted octanol–water partition coefficient (Wildman–Crippen LogP) is 5.54. The van der Waals surface area contributed by atoms with E-state index in [-0.39, 0.29) is 11.7 Å². The lowest BCUT2D eigenvalue weighted by Gasteiger charge is -2.16. The number of rotatable bonds is 7. The summed E-state index contributed by atoms with van der Waals surface area (Å²) >= 11 is 9.17. The molecule has 0 spiro atoms. The highest BCUT2D eigenvalue weighted by Gasteiger charge is 2.21. The number of aromatic nitrogens is 3. The summed E-state index contributed by atoms with van der Waals surface area (Å²) in [7, 11) is 1.76. The summed E-state index contributed by atoms with van der Waals surface area (Å²) in [5, 5.41) is 13.4. The van der Waals surface area contributed by atoms with Crippen LogP contribution < -0.4 is 0 Å². The Morgan fingerprint density at radius 3 is 2.68 bits per heavy atom.